The van der Waals surface area contributed by atoms with Crippen molar-refractivity contribution in [3.05, 3.63) is 35.0 Å². The van der Waals surface area contributed by atoms with Gasteiger partial charge in [-0.3, -0.25) is 5.41 Å². The molecule has 14 heavy (non-hydrogen) atoms. The molecule has 1 aromatic carbocycles. The van der Waals surface area contributed by atoms with Crippen molar-refractivity contribution >= 4 is 16.7 Å². The van der Waals surface area contributed by atoms with E-state index in [1.54, 1.807) is 0 Å². The van der Waals surface area contributed by atoms with Crippen LogP contribution in [0.3, 0.4) is 0 Å². The molecule has 0 radical (unpaired) electrons. The second-order valence-corrected chi connectivity index (χ2v) is 3.59. The lowest BCUT2D eigenvalue weighted by Gasteiger charge is -1.98. The Morgan fingerprint density at radius 3 is 2.71 bits per heavy atom. The van der Waals surface area contributed by atoms with Crippen LogP contribution in [0.25, 0.3) is 10.9 Å². The van der Waals surface area contributed by atoms with Crippen molar-refractivity contribution in [3.8, 4) is 0 Å². The molecular weight excluding hydrogens is 174 g/mol. The molecule has 0 saturated carbocycles. The smallest absolute Gasteiger partial charge is 0.125 e. The maximum absolute atomic E-state index is 7.50. The van der Waals surface area contributed by atoms with Crippen molar-refractivity contribution in [1.82, 2.24) is 4.98 Å². The maximum Gasteiger partial charge on any atom is 0.125 e. The van der Waals surface area contributed by atoms with Crippen molar-refractivity contribution < 1.29 is 0 Å². The summed E-state index contributed by atoms with van der Waals surface area (Å²) in [7, 11) is 0. The molecule has 0 fully saturated rings. The molecule has 4 N–H and O–H groups in total. The number of aromatic nitrogens is 1. The number of hydrogen-bond donors (Lipinski definition) is 3. The van der Waals surface area contributed by atoms with Gasteiger partial charge in [0.1, 0.15) is 5.84 Å². The number of H-pyrrole nitrogens is 1. The normalized spacial score (nSPS) is 10.7. The summed E-state index contributed by atoms with van der Waals surface area (Å²) < 4.78 is 0. The number of nitrogen functional groups attached to an aromatic ring is 1. The van der Waals surface area contributed by atoms with Crippen LogP contribution in [0.2, 0.25) is 0 Å². The van der Waals surface area contributed by atoms with E-state index in [0.717, 1.165) is 22.2 Å². The molecule has 0 atom stereocenters. The van der Waals surface area contributed by atoms with Crippen LogP contribution in [0.4, 0.5) is 0 Å². The molecule has 0 amide bonds. The molecule has 0 aliphatic rings. The van der Waals surface area contributed by atoms with Crippen molar-refractivity contribution in [2.24, 2.45) is 5.73 Å². The van der Waals surface area contributed by atoms with Crippen LogP contribution in [0.15, 0.2) is 18.2 Å². The summed E-state index contributed by atoms with van der Waals surface area (Å²) in [6.45, 7) is 3.97. The second-order valence-electron chi connectivity index (χ2n) is 3.59. The first-order valence-corrected chi connectivity index (χ1v) is 4.53. The molecular formula is C11H13N3. The quantitative estimate of drug-likeness (QED) is 0.464. The largest absolute Gasteiger partial charge is 0.384 e. The van der Waals surface area contributed by atoms with Gasteiger partial charge in [0.05, 0.1) is 0 Å². The Balaban J connectivity index is 2.86. The number of aromatic amines is 1. The first-order chi connectivity index (χ1) is 6.59. The molecule has 0 spiro atoms. The van der Waals surface area contributed by atoms with Gasteiger partial charge in [0.15, 0.2) is 0 Å². The highest BCUT2D eigenvalue weighted by molar-refractivity contribution is 6.08. The van der Waals surface area contributed by atoms with Crippen LogP contribution in [-0.4, -0.2) is 10.8 Å². The third-order valence-electron chi connectivity index (χ3n) is 2.41. The van der Waals surface area contributed by atoms with Crippen LogP contribution in [0, 0.1) is 19.3 Å². The van der Waals surface area contributed by atoms with Crippen LogP contribution >= 0.6 is 0 Å². The van der Waals surface area contributed by atoms with Crippen LogP contribution in [-0.2, 0) is 0 Å². The molecule has 0 aliphatic heterocycles. The zero-order chi connectivity index (χ0) is 10.3. The van der Waals surface area contributed by atoms with Gasteiger partial charge >= 0.3 is 0 Å². The Kier molecular flexibility index (Phi) is 1.81. The first-order valence-electron chi connectivity index (χ1n) is 4.53. The number of nitrogens with two attached hydrogens (primary N) is 1. The number of fused-ring (bicyclic) bond motifs is 1. The van der Waals surface area contributed by atoms with Gasteiger partial charge in [-0.15, -0.1) is 0 Å². The fraction of sp³-hybridized carbons (Fsp3) is 0.182. The summed E-state index contributed by atoms with van der Waals surface area (Å²) in [5.74, 6) is 0.124. The van der Waals surface area contributed by atoms with Crippen LogP contribution in [0.5, 0.6) is 0 Å². The Bertz CT molecular complexity index is 508. The Morgan fingerprint density at radius 1 is 1.36 bits per heavy atom. The van der Waals surface area contributed by atoms with Crippen LogP contribution in [0.1, 0.15) is 16.8 Å². The highest BCUT2D eigenvalue weighted by atomic mass is 14.8. The van der Waals surface area contributed by atoms with Gasteiger partial charge in [-0.1, -0.05) is 11.6 Å². The van der Waals surface area contributed by atoms with E-state index in [1.165, 1.54) is 5.56 Å². The van der Waals surface area contributed by atoms with Gasteiger partial charge < -0.3 is 10.7 Å². The predicted octanol–water partition coefficient (Wildman–Crippen LogP) is 2.07. The van der Waals surface area contributed by atoms with E-state index < -0.39 is 0 Å². The van der Waals surface area contributed by atoms with Crippen molar-refractivity contribution in [2.75, 3.05) is 0 Å². The Morgan fingerprint density at radius 2 is 2.07 bits per heavy atom. The van der Waals surface area contributed by atoms with E-state index in [0.29, 0.717) is 0 Å². The summed E-state index contributed by atoms with van der Waals surface area (Å²) in [5.41, 5.74) is 9.54. The zero-order valence-corrected chi connectivity index (χ0v) is 8.31. The highest BCUT2D eigenvalue weighted by Crippen LogP contribution is 2.22. The van der Waals surface area contributed by atoms with Crippen molar-refractivity contribution in [1.29, 1.82) is 5.41 Å². The van der Waals surface area contributed by atoms with E-state index in [-0.39, 0.29) is 5.84 Å². The molecule has 0 saturated heterocycles. The molecule has 1 heterocycles. The minimum absolute atomic E-state index is 0.124. The third-order valence-corrected chi connectivity index (χ3v) is 2.41. The van der Waals surface area contributed by atoms with Gasteiger partial charge in [-0.05, 0) is 26.0 Å². The van der Waals surface area contributed by atoms with Gasteiger partial charge in [0, 0.05) is 22.2 Å². The van der Waals surface area contributed by atoms with Crippen molar-refractivity contribution in [3.63, 3.8) is 0 Å². The molecule has 3 heteroatoms. The number of rotatable bonds is 1. The van der Waals surface area contributed by atoms with Crippen molar-refractivity contribution in [2.45, 2.75) is 13.8 Å². The average Bonchev–Trinajstić information content (AvgIpc) is 2.40. The molecule has 0 unspecified atom stereocenters. The van der Waals surface area contributed by atoms with Crippen LogP contribution < -0.4 is 5.73 Å². The summed E-state index contributed by atoms with van der Waals surface area (Å²) in [6.07, 6.45) is 0. The number of aryl methyl sites for hydroxylation is 2. The fourth-order valence-corrected chi connectivity index (χ4v) is 1.79. The van der Waals surface area contributed by atoms with E-state index in [2.05, 4.69) is 11.1 Å². The third kappa shape index (κ3) is 1.18. The Labute approximate surface area is 82.4 Å². The van der Waals surface area contributed by atoms with E-state index in [1.807, 2.05) is 26.0 Å². The predicted molar refractivity (Wildman–Crippen MR) is 58.8 cm³/mol. The molecule has 2 aromatic rings. The minimum Gasteiger partial charge on any atom is -0.384 e. The monoisotopic (exact) mass is 187 g/mol. The van der Waals surface area contributed by atoms with Gasteiger partial charge in [0.2, 0.25) is 0 Å². The van der Waals surface area contributed by atoms with E-state index in [9.17, 15) is 0 Å². The molecule has 0 aliphatic carbocycles. The topological polar surface area (TPSA) is 65.7 Å². The Hall–Kier alpha value is -1.77. The molecule has 1 aromatic heterocycles. The average molecular weight is 187 g/mol. The lowest BCUT2D eigenvalue weighted by atomic mass is 10.1. The number of nitrogens with one attached hydrogen (secondary N) is 2. The van der Waals surface area contributed by atoms with Gasteiger partial charge in [-0.25, -0.2) is 0 Å². The summed E-state index contributed by atoms with van der Waals surface area (Å²) in [4.78, 5) is 3.21. The number of amidine groups is 1. The second kappa shape index (κ2) is 2.87. The number of benzene rings is 1. The summed E-state index contributed by atoms with van der Waals surface area (Å²) in [5, 5.41) is 8.54. The lowest BCUT2D eigenvalue weighted by Crippen LogP contribution is -2.11. The van der Waals surface area contributed by atoms with E-state index >= 15 is 0 Å². The molecule has 3 nitrogen and oxygen atoms in total. The van der Waals surface area contributed by atoms with Gasteiger partial charge in [-0.2, -0.15) is 0 Å². The standard InChI is InChI=1S/C11H13N3/c1-6-3-4-9-8(5-6)10(11(12)13)7(2)14-9/h3-5,14H,1-2H3,(H3,12,13). The lowest BCUT2D eigenvalue weighted by molar-refractivity contribution is 1.28. The molecule has 0 bridgehead atoms. The molecule has 2 rings (SSSR count). The maximum atomic E-state index is 7.50. The highest BCUT2D eigenvalue weighted by Gasteiger charge is 2.10. The zero-order valence-electron chi connectivity index (χ0n) is 8.31. The minimum atomic E-state index is 0.124. The molecule has 72 valence electrons. The summed E-state index contributed by atoms with van der Waals surface area (Å²) >= 11 is 0. The number of hydrogen-bond acceptors (Lipinski definition) is 1. The fourth-order valence-electron chi connectivity index (χ4n) is 1.79. The first kappa shape index (κ1) is 8.81. The van der Waals surface area contributed by atoms with E-state index in [4.69, 9.17) is 11.1 Å². The SMILES string of the molecule is Cc1ccc2[nH]c(C)c(C(=N)N)c2c1. The summed E-state index contributed by atoms with van der Waals surface area (Å²) in [6, 6.07) is 6.11. The van der Waals surface area contributed by atoms with Gasteiger partial charge in [0.25, 0.3) is 0 Å².